The number of halogens is 1. The summed E-state index contributed by atoms with van der Waals surface area (Å²) < 4.78 is 0. The Morgan fingerprint density at radius 3 is 2.59 bits per heavy atom. The van der Waals surface area contributed by atoms with Crippen LogP contribution < -0.4 is 0 Å². The normalized spacial score (nSPS) is 29.6. The van der Waals surface area contributed by atoms with E-state index in [2.05, 4.69) is 52.3 Å². The number of carbonyl (C=O) groups is 1. The highest BCUT2D eigenvalue weighted by molar-refractivity contribution is 6.30. The third-order valence-corrected chi connectivity index (χ3v) is 7.39. The first kappa shape index (κ1) is 19.1. The minimum atomic E-state index is 0.327. The van der Waals surface area contributed by atoms with Crippen LogP contribution in [-0.4, -0.2) is 40.9 Å². The van der Waals surface area contributed by atoms with Crippen LogP contribution in [0.5, 0.6) is 0 Å². The lowest BCUT2D eigenvalue weighted by Crippen LogP contribution is -2.65. The van der Waals surface area contributed by atoms with Crippen LogP contribution in [0.15, 0.2) is 54.6 Å². The second-order valence-electron chi connectivity index (χ2n) is 9.10. The molecule has 3 heterocycles. The van der Waals surface area contributed by atoms with Crippen molar-refractivity contribution in [2.24, 2.45) is 11.8 Å². The Morgan fingerprint density at radius 1 is 0.966 bits per heavy atom. The smallest absolute Gasteiger partial charge is 0.223 e. The van der Waals surface area contributed by atoms with E-state index in [1.165, 1.54) is 24.0 Å². The third kappa shape index (κ3) is 3.95. The predicted octanol–water partition coefficient (Wildman–Crippen LogP) is 4.78. The number of fused-ring (bicyclic) bond motifs is 4. The van der Waals surface area contributed by atoms with Crippen LogP contribution in [-0.2, 0) is 17.8 Å². The quantitative estimate of drug-likeness (QED) is 0.726. The summed E-state index contributed by atoms with van der Waals surface area (Å²) >= 11 is 6.22. The van der Waals surface area contributed by atoms with Gasteiger partial charge in [0.1, 0.15) is 0 Å². The largest absolute Gasteiger partial charge is 0.336 e. The third-order valence-electron chi connectivity index (χ3n) is 7.16. The molecule has 3 saturated heterocycles. The summed E-state index contributed by atoms with van der Waals surface area (Å²) in [5.74, 6) is 1.54. The van der Waals surface area contributed by atoms with Gasteiger partial charge in [-0.05, 0) is 60.8 Å². The molecule has 3 fully saturated rings. The molecular weight excluding hydrogens is 380 g/mol. The molecule has 2 bridgehead atoms. The van der Waals surface area contributed by atoms with Crippen molar-refractivity contribution in [1.82, 2.24) is 9.80 Å². The molecule has 5 rings (SSSR count). The second kappa shape index (κ2) is 8.12. The van der Waals surface area contributed by atoms with Crippen molar-refractivity contribution in [3.8, 4) is 0 Å². The molecule has 4 atom stereocenters. The number of hydrogen-bond donors (Lipinski definition) is 0. The summed E-state index contributed by atoms with van der Waals surface area (Å²) in [6.07, 6.45) is 5.18. The lowest BCUT2D eigenvalue weighted by atomic mass is 9.70. The van der Waals surface area contributed by atoms with Gasteiger partial charge in [0.15, 0.2) is 0 Å². The zero-order valence-electron chi connectivity index (χ0n) is 16.8. The molecule has 0 aromatic heterocycles. The van der Waals surface area contributed by atoms with Gasteiger partial charge in [-0.15, -0.1) is 0 Å². The molecule has 0 saturated carbocycles. The standard InChI is InChI=1S/C25H29ClN2O/c26-22-9-4-8-19(12-22)15-27-16-20-14-21(17-27)24(13-18-6-2-1-3-7-18)28-23(20)10-5-11-25(28)29/h1-4,6-9,12,20-21,23-24H,5,10-11,13-17H2/t20-,21+,23+,24+/m1/s1. The Labute approximate surface area is 178 Å². The number of amides is 1. The van der Waals surface area contributed by atoms with Gasteiger partial charge >= 0.3 is 0 Å². The fourth-order valence-electron chi connectivity index (χ4n) is 6.01. The molecule has 2 aromatic carbocycles. The second-order valence-corrected chi connectivity index (χ2v) is 9.53. The minimum Gasteiger partial charge on any atom is -0.336 e. The molecule has 2 aromatic rings. The van der Waals surface area contributed by atoms with E-state index in [1.54, 1.807) is 0 Å². The summed E-state index contributed by atoms with van der Waals surface area (Å²) in [6.45, 7) is 3.11. The van der Waals surface area contributed by atoms with Crippen LogP contribution >= 0.6 is 11.6 Å². The number of likely N-dealkylation sites (tertiary alicyclic amines) is 1. The molecule has 0 unspecified atom stereocenters. The summed E-state index contributed by atoms with van der Waals surface area (Å²) in [5.41, 5.74) is 2.63. The Bertz CT molecular complexity index is 870. The number of piperidine rings is 3. The van der Waals surface area contributed by atoms with Crippen molar-refractivity contribution in [3.63, 3.8) is 0 Å². The first-order valence-electron chi connectivity index (χ1n) is 11.0. The molecule has 3 aliphatic heterocycles. The Balaban J connectivity index is 1.40. The fraction of sp³-hybridized carbons (Fsp3) is 0.480. The topological polar surface area (TPSA) is 23.6 Å². The Kier molecular flexibility index (Phi) is 5.36. The summed E-state index contributed by atoms with van der Waals surface area (Å²) in [4.78, 5) is 17.9. The van der Waals surface area contributed by atoms with Crippen LogP contribution in [0.25, 0.3) is 0 Å². The molecular formula is C25H29ClN2O. The van der Waals surface area contributed by atoms with Gasteiger partial charge in [-0.2, -0.15) is 0 Å². The van der Waals surface area contributed by atoms with E-state index in [9.17, 15) is 4.79 Å². The lowest BCUT2D eigenvalue weighted by Gasteiger charge is -2.57. The van der Waals surface area contributed by atoms with Crippen LogP contribution in [0, 0.1) is 11.8 Å². The van der Waals surface area contributed by atoms with Gasteiger partial charge in [-0.1, -0.05) is 54.1 Å². The van der Waals surface area contributed by atoms with Gasteiger partial charge in [-0.25, -0.2) is 0 Å². The van der Waals surface area contributed by atoms with Crippen molar-refractivity contribution in [1.29, 1.82) is 0 Å². The maximum absolute atomic E-state index is 13.0. The van der Waals surface area contributed by atoms with E-state index in [1.807, 2.05) is 12.1 Å². The van der Waals surface area contributed by atoms with Crippen molar-refractivity contribution in [2.45, 2.75) is 50.7 Å². The number of nitrogens with zero attached hydrogens (tertiary/aromatic N) is 2. The van der Waals surface area contributed by atoms with Gasteiger partial charge < -0.3 is 4.90 Å². The zero-order valence-corrected chi connectivity index (χ0v) is 17.6. The Morgan fingerprint density at radius 2 is 1.76 bits per heavy atom. The van der Waals surface area contributed by atoms with Crippen molar-refractivity contribution < 1.29 is 4.79 Å². The summed E-state index contributed by atoms with van der Waals surface area (Å²) in [7, 11) is 0. The SMILES string of the molecule is O=C1CCC[C@H]2[C@@H]3C[C@@H](CN(Cc4cccc(Cl)c4)C3)[C@H](Cc3ccccc3)N12. The fourth-order valence-corrected chi connectivity index (χ4v) is 6.23. The van der Waals surface area contributed by atoms with Crippen LogP contribution in [0.3, 0.4) is 0 Å². The molecule has 4 heteroatoms. The molecule has 1 amide bonds. The van der Waals surface area contributed by atoms with Gasteiger partial charge in [0.2, 0.25) is 5.91 Å². The van der Waals surface area contributed by atoms with E-state index < -0.39 is 0 Å². The van der Waals surface area contributed by atoms with Gasteiger partial charge in [0, 0.05) is 43.2 Å². The van der Waals surface area contributed by atoms with E-state index in [-0.39, 0.29) is 0 Å². The molecule has 0 N–H and O–H groups in total. The molecule has 152 valence electrons. The van der Waals surface area contributed by atoms with Gasteiger partial charge in [-0.3, -0.25) is 9.69 Å². The average molecular weight is 409 g/mol. The monoisotopic (exact) mass is 408 g/mol. The maximum Gasteiger partial charge on any atom is 0.223 e. The van der Waals surface area contributed by atoms with E-state index in [0.717, 1.165) is 43.9 Å². The molecule has 3 nitrogen and oxygen atoms in total. The predicted molar refractivity (Wildman–Crippen MR) is 117 cm³/mol. The summed E-state index contributed by atoms with van der Waals surface area (Å²) in [5, 5.41) is 0.811. The number of benzene rings is 2. The molecule has 0 spiro atoms. The van der Waals surface area contributed by atoms with Crippen LogP contribution in [0.2, 0.25) is 5.02 Å². The van der Waals surface area contributed by atoms with E-state index in [0.29, 0.717) is 29.8 Å². The minimum absolute atomic E-state index is 0.327. The Hall–Kier alpha value is -1.84. The van der Waals surface area contributed by atoms with Crippen molar-refractivity contribution in [3.05, 3.63) is 70.7 Å². The molecule has 3 aliphatic rings. The average Bonchev–Trinajstić information content (AvgIpc) is 2.72. The van der Waals surface area contributed by atoms with Crippen molar-refractivity contribution in [2.75, 3.05) is 13.1 Å². The van der Waals surface area contributed by atoms with E-state index in [4.69, 9.17) is 11.6 Å². The highest BCUT2D eigenvalue weighted by atomic mass is 35.5. The highest BCUT2D eigenvalue weighted by Gasteiger charge is 2.49. The van der Waals surface area contributed by atoms with Gasteiger partial charge in [0.05, 0.1) is 0 Å². The molecule has 0 radical (unpaired) electrons. The number of carbonyl (C=O) groups excluding carboxylic acids is 1. The number of hydrogen-bond acceptors (Lipinski definition) is 2. The molecule has 0 aliphatic carbocycles. The zero-order chi connectivity index (χ0) is 19.8. The first-order valence-corrected chi connectivity index (χ1v) is 11.4. The molecule has 29 heavy (non-hydrogen) atoms. The van der Waals surface area contributed by atoms with Crippen molar-refractivity contribution >= 4 is 17.5 Å². The van der Waals surface area contributed by atoms with Crippen LogP contribution in [0.1, 0.15) is 36.8 Å². The summed E-state index contributed by atoms with van der Waals surface area (Å²) in [6, 6.07) is 19.7. The highest BCUT2D eigenvalue weighted by Crippen LogP contribution is 2.42. The first-order chi connectivity index (χ1) is 14.2. The maximum atomic E-state index is 13.0. The van der Waals surface area contributed by atoms with Crippen LogP contribution in [0.4, 0.5) is 0 Å². The number of rotatable bonds is 4. The van der Waals surface area contributed by atoms with Gasteiger partial charge in [0.25, 0.3) is 0 Å². The lowest BCUT2D eigenvalue weighted by molar-refractivity contribution is -0.152. The van der Waals surface area contributed by atoms with E-state index >= 15 is 0 Å².